The van der Waals surface area contributed by atoms with Crippen molar-refractivity contribution in [3.8, 4) is 0 Å². The van der Waals surface area contributed by atoms with Gasteiger partial charge >= 0.3 is 6.03 Å². The molecule has 3 heterocycles. The van der Waals surface area contributed by atoms with Crippen molar-refractivity contribution in [3.63, 3.8) is 0 Å². The van der Waals surface area contributed by atoms with Crippen LogP contribution >= 0.6 is 0 Å². The second-order valence-corrected chi connectivity index (χ2v) is 6.08. The molecule has 0 unspecified atom stereocenters. The van der Waals surface area contributed by atoms with Gasteiger partial charge in [-0.3, -0.25) is 0 Å². The zero-order chi connectivity index (χ0) is 17.9. The van der Waals surface area contributed by atoms with Gasteiger partial charge in [-0.15, -0.1) is 0 Å². The van der Waals surface area contributed by atoms with Crippen molar-refractivity contribution >= 4 is 22.8 Å². The molecule has 0 saturated carbocycles. The van der Waals surface area contributed by atoms with E-state index in [2.05, 4.69) is 30.3 Å². The molecule has 2 amide bonds. The third-order valence-electron chi connectivity index (χ3n) is 4.36. The van der Waals surface area contributed by atoms with E-state index in [1.165, 1.54) is 0 Å². The lowest BCUT2D eigenvalue weighted by Crippen LogP contribution is -2.52. The van der Waals surface area contributed by atoms with Gasteiger partial charge in [0.2, 0.25) is 5.89 Å². The minimum atomic E-state index is -0.125. The van der Waals surface area contributed by atoms with Crippen LogP contribution in [0, 0.1) is 6.92 Å². The smallest absolute Gasteiger partial charge is 0.317 e. The SMILES string of the molecule is Cc1nc(CNC(=O)N2CCN(c3ncnc4ccccc34)CC2)no1. The molecule has 1 aliphatic heterocycles. The van der Waals surface area contributed by atoms with Gasteiger partial charge in [0, 0.05) is 38.5 Å². The second-order valence-electron chi connectivity index (χ2n) is 6.08. The van der Waals surface area contributed by atoms with E-state index < -0.39 is 0 Å². The van der Waals surface area contributed by atoms with Gasteiger partial charge in [-0.05, 0) is 12.1 Å². The maximum Gasteiger partial charge on any atom is 0.317 e. The quantitative estimate of drug-likeness (QED) is 0.758. The average molecular weight is 353 g/mol. The zero-order valence-electron chi connectivity index (χ0n) is 14.4. The summed E-state index contributed by atoms with van der Waals surface area (Å²) in [4.78, 5) is 29.1. The fraction of sp³-hybridized carbons (Fsp3) is 0.353. The molecule has 1 aliphatic rings. The number of benzene rings is 1. The number of nitrogens with zero attached hydrogens (tertiary/aromatic N) is 6. The molecule has 9 nitrogen and oxygen atoms in total. The topological polar surface area (TPSA) is 100 Å². The number of nitrogens with one attached hydrogen (secondary N) is 1. The Morgan fingerprint density at radius 3 is 2.77 bits per heavy atom. The summed E-state index contributed by atoms with van der Waals surface area (Å²) >= 11 is 0. The molecule has 1 N–H and O–H groups in total. The molecule has 0 bridgehead atoms. The normalized spacial score (nSPS) is 14.7. The molecule has 1 fully saturated rings. The third-order valence-corrected chi connectivity index (χ3v) is 4.36. The van der Waals surface area contributed by atoms with E-state index in [0.717, 1.165) is 29.8 Å². The maximum absolute atomic E-state index is 12.3. The molecule has 2 aromatic heterocycles. The Balaban J connectivity index is 1.37. The van der Waals surface area contributed by atoms with Crippen molar-refractivity contribution in [2.45, 2.75) is 13.5 Å². The highest BCUT2D eigenvalue weighted by Gasteiger charge is 2.23. The molecular formula is C17H19N7O2. The Morgan fingerprint density at radius 1 is 1.19 bits per heavy atom. The Bertz CT molecular complexity index is 913. The molecule has 1 saturated heterocycles. The van der Waals surface area contributed by atoms with Gasteiger partial charge < -0.3 is 19.6 Å². The number of rotatable bonds is 3. The number of amides is 2. The number of hydrogen-bond acceptors (Lipinski definition) is 7. The summed E-state index contributed by atoms with van der Waals surface area (Å²) < 4.78 is 4.90. The molecule has 0 spiro atoms. The molecule has 3 aromatic rings. The molecule has 134 valence electrons. The van der Waals surface area contributed by atoms with Crippen molar-refractivity contribution < 1.29 is 9.32 Å². The van der Waals surface area contributed by atoms with Crippen molar-refractivity contribution in [2.75, 3.05) is 31.1 Å². The molecule has 0 atom stereocenters. The predicted octanol–water partition coefficient (Wildman–Crippen LogP) is 1.35. The number of fused-ring (bicyclic) bond motifs is 1. The Labute approximate surface area is 150 Å². The van der Waals surface area contributed by atoms with Crippen molar-refractivity contribution in [3.05, 3.63) is 42.3 Å². The van der Waals surface area contributed by atoms with Gasteiger partial charge in [-0.1, -0.05) is 17.3 Å². The summed E-state index contributed by atoms with van der Waals surface area (Å²) in [6, 6.07) is 7.82. The van der Waals surface area contributed by atoms with E-state index in [-0.39, 0.29) is 12.6 Å². The lowest BCUT2D eigenvalue weighted by molar-refractivity contribution is 0.193. The van der Waals surface area contributed by atoms with Crippen molar-refractivity contribution in [2.24, 2.45) is 0 Å². The van der Waals surface area contributed by atoms with Crippen LogP contribution in [0.15, 0.2) is 35.1 Å². The standard InChI is InChI=1S/C17H19N7O2/c1-12-21-15(22-26-12)10-18-17(25)24-8-6-23(7-9-24)16-13-4-2-3-5-14(13)19-11-20-16/h2-5,11H,6-10H2,1H3,(H,18,25). The third kappa shape index (κ3) is 3.28. The van der Waals surface area contributed by atoms with Crippen LogP contribution in [0.3, 0.4) is 0 Å². The van der Waals surface area contributed by atoms with Gasteiger partial charge in [0.1, 0.15) is 12.1 Å². The zero-order valence-corrected chi connectivity index (χ0v) is 14.4. The van der Waals surface area contributed by atoms with E-state index in [9.17, 15) is 4.79 Å². The fourth-order valence-corrected chi connectivity index (χ4v) is 3.04. The van der Waals surface area contributed by atoms with Crippen LogP contribution < -0.4 is 10.2 Å². The molecular weight excluding hydrogens is 334 g/mol. The maximum atomic E-state index is 12.3. The number of hydrogen-bond donors (Lipinski definition) is 1. The minimum absolute atomic E-state index is 0.125. The number of urea groups is 1. The number of anilines is 1. The van der Waals surface area contributed by atoms with Gasteiger partial charge in [0.15, 0.2) is 5.82 Å². The number of aromatic nitrogens is 4. The Kier molecular flexibility index (Phi) is 4.34. The van der Waals surface area contributed by atoms with Crippen LogP contribution in [0.25, 0.3) is 10.9 Å². The average Bonchev–Trinajstić information content (AvgIpc) is 3.11. The van der Waals surface area contributed by atoms with Crippen molar-refractivity contribution in [1.82, 2.24) is 30.3 Å². The Morgan fingerprint density at radius 2 is 2.00 bits per heavy atom. The van der Waals surface area contributed by atoms with E-state index in [1.54, 1.807) is 18.2 Å². The Hall–Kier alpha value is -3.23. The van der Waals surface area contributed by atoms with Crippen LogP contribution in [-0.4, -0.2) is 57.2 Å². The summed E-state index contributed by atoms with van der Waals surface area (Å²) in [5.74, 6) is 1.87. The molecule has 26 heavy (non-hydrogen) atoms. The summed E-state index contributed by atoms with van der Waals surface area (Å²) in [6.07, 6.45) is 1.59. The molecule has 0 aliphatic carbocycles. The largest absolute Gasteiger partial charge is 0.352 e. The van der Waals surface area contributed by atoms with Crippen LogP contribution in [0.5, 0.6) is 0 Å². The predicted molar refractivity (Wildman–Crippen MR) is 94.6 cm³/mol. The van der Waals surface area contributed by atoms with E-state index >= 15 is 0 Å². The lowest BCUT2D eigenvalue weighted by atomic mass is 10.2. The van der Waals surface area contributed by atoms with Gasteiger partial charge in [0.25, 0.3) is 0 Å². The van der Waals surface area contributed by atoms with E-state index in [0.29, 0.717) is 24.8 Å². The highest BCUT2D eigenvalue weighted by atomic mass is 16.5. The van der Waals surface area contributed by atoms with Gasteiger partial charge in [-0.2, -0.15) is 4.98 Å². The van der Waals surface area contributed by atoms with Gasteiger partial charge in [0.05, 0.1) is 12.1 Å². The number of carbonyl (C=O) groups is 1. The highest BCUT2D eigenvalue weighted by molar-refractivity contribution is 5.89. The number of piperazine rings is 1. The van der Waals surface area contributed by atoms with Crippen LogP contribution in [0.4, 0.5) is 10.6 Å². The van der Waals surface area contributed by atoms with Crippen molar-refractivity contribution in [1.29, 1.82) is 0 Å². The summed E-state index contributed by atoms with van der Waals surface area (Å²) in [5, 5.41) is 7.62. The first kappa shape index (κ1) is 16.2. The summed E-state index contributed by atoms with van der Waals surface area (Å²) in [5.41, 5.74) is 0.924. The molecule has 0 radical (unpaired) electrons. The van der Waals surface area contributed by atoms with Crippen LogP contribution in [-0.2, 0) is 6.54 Å². The van der Waals surface area contributed by atoms with E-state index in [1.807, 2.05) is 24.3 Å². The number of para-hydroxylation sites is 1. The van der Waals surface area contributed by atoms with E-state index in [4.69, 9.17) is 4.52 Å². The summed E-state index contributed by atoms with van der Waals surface area (Å²) in [6.45, 7) is 4.65. The minimum Gasteiger partial charge on any atom is -0.352 e. The fourth-order valence-electron chi connectivity index (χ4n) is 3.04. The summed E-state index contributed by atoms with van der Waals surface area (Å²) in [7, 11) is 0. The first-order valence-electron chi connectivity index (χ1n) is 8.47. The van der Waals surface area contributed by atoms with Gasteiger partial charge in [-0.25, -0.2) is 14.8 Å². The molecule has 1 aromatic carbocycles. The second kappa shape index (κ2) is 6.95. The number of carbonyl (C=O) groups excluding carboxylic acids is 1. The van der Waals surface area contributed by atoms with Crippen LogP contribution in [0.2, 0.25) is 0 Å². The molecule has 9 heteroatoms. The number of aryl methyl sites for hydroxylation is 1. The molecule has 4 rings (SSSR count). The highest BCUT2D eigenvalue weighted by Crippen LogP contribution is 2.23. The van der Waals surface area contributed by atoms with Crippen LogP contribution in [0.1, 0.15) is 11.7 Å². The lowest BCUT2D eigenvalue weighted by Gasteiger charge is -2.35. The first-order valence-corrected chi connectivity index (χ1v) is 8.47. The monoisotopic (exact) mass is 353 g/mol. The first-order chi connectivity index (χ1) is 12.7.